The Labute approximate surface area is 198 Å². The molecule has 2 heterocycles. The first kappa shape index (κ1) is 19.8. The maximum atomic E-state index is 9.63. The summed E-state index contributed by atoms with van der Waals surface area (Å²) in [5.41, 5.74) is 7.25. The summed E-state index contributed by atoms with van der Waals surface area (Å²) >= 11 is 0. The van der Waals surface area contributed by atoms with Gasteiger partial charge in [0.05, 0.1) is 22.6 Å². The fraction of sp³-hybridized carbons (Fsp3) is 0. The third-order valence-corrected chi connectivity index (χ3v) is 5.96. The highest BCUT2D eigenvalue weighted by molar-refractivity contribution is 5.90. The van der Waals surface area contributed by atoms with E-state index in [-0.39, 0.29) is 0 Å². The van der Waals surface area contributed by atoms with Crippen molar-refractivity contribution < 1.29 is 4.74 Å². The molecule has 6 rings (SSSR count). The van der Waals surface area contributed by atoms with Gasteiger partial charge in [0.15, 0.2) is 11.5 Å². The Balaban J connectivity index is 1.52. The molecule has 0 spiro atoms. The predicted molar refractivity (Wildman–Crippen MR) is 135 cm³/mol. The van der Waals surface area contributed by atoms with Gasteiger partial charge in [-0.25, -0.2) is 0 Å². The minimum atomic E-state index is 0.558. The van der Waals surface area contributed by atoms with Crippen molar-refractivity contribution in [3.8, 4) is 40.0 Å². The molecule has 0 saturated heterocycles. The number of pyridine rings is 1. The largest absolute Gasteiger partial charge is 0.453 e. The number of fused-ring (bicyclic) bond motifs is 2. The van der Waals surface area contributed by atoms with E-state index in [9.17, 15) is 5.26 Å². The molecule has 0 atom stereocenters. The number of nitrogens with zero attached hydrogens (tertiary/aromatic N) is 3. The lowest BCUT2D eigenvalue weighted by Gasteiger charge is -2.33. The smallest absolute Gasteiger partial charge is 0.151 e. The van der Waals surface area contributed by atoms with Gasteiger partial charge in [-0.2, -0.15) is 5.26 Å². The zero-order valence-corrected chi connectivity index (χ0v) is 18.2. The number of para-hydroxylation sites is 4. The van der Waals surface area contributed by atoms with Crippen LogP contribution in [0.3, 0.4) is 0 Å². The van der Waals surface area contributed by atoms with Crippen molar-refractivity contribution in [3.63, 3.8) is 0 Å². The molecule has 0 saturated carbocycles. The van der Waals surface area contributed by atoms with E-state index < -0.39 is 0 Å². The third kappa shape index (κ3) is 3.28. The van der Waals surface area contributed by atoms with Crippen LogP contribution in [0.1, 0.15) is 5.56 Å². The van der Waals surface area contributed by atoms with Crippen molar-refractivity contribution in [2.75, 3.05) is 4.90 Å². The fourth-order valence-corrected chi connectivity index (χ4v) is 4.45. The molecule has 0 bridgehead atoms. The Morgan fingerprint density at radius 3 is 2.09 bits per heavy atom. The summed E-state index contributed by atoms with van der Waals surface area (Å²) in [4.78, 5) is 6.75. The highest BCUT2D eigenvalue weighted by atomic mass is 16.5. The summed E-state index contributed by atoms with van der Waals surface area (Å²) in [5.74, 6) is 1.64. The molecule has 4 heteroatoms. The van der Waals surface area contributed by atoms with Crippen LogP contribution in [0, 0.1) is 11.3 Å². The van der Waals surface area contributed by atoms with E-state index >= 15 is 0 Å². The summed E-state index contributed by atoms with van der Waals surface area (Å²) in [7, 11) is 0. The summed E-state index contributed by atoms with van der Waals surface area (Å²) in [5, 5.41) is 9.63. The molecule has 4 aromatic carbocycles. The second-order valence-electron chi connectivity index (χ2n) is 7.98. The molecule has 5 aromatic rings. The minimum Gasteiger partial charge on any atom is -0.453 e. The molecule has 0 radical (unpaired) electrons. The summed E-state index contributed by atoms with van der Waals surface area (Å²) < 4.78 is 6.17. The predicted octanol–water partition coefficient (Wildman–Crippen LogP) is 7.86. The van der Waals surface area contributed by atoms with Crippen LogP contribution in [0.2, 0.25) is 0 Å². The molecule has 0 fully saturated rings. The number of anilines is 3. The van der Waals surface area contributed by atoms with Crippen molar-refractivity contribution in [3.05, 3.63) is 121 Å². The molecular weight excluding hydrogens is 418 g/mol. The topological polar surface area (TPSA) is 49.2 Å². The average molecular weight is 438 g/mol. The van der Waals surface area contributed by atoms with Gasteiger partial charge in [0.25, 0.3) is 0 Å². The van der Waals surface area contributed by atoms with Crippen LogP contribution in [0.4, 0.5) is 17.1 Å². The number of rotatable bonds is 3. The first-order chi connectivity index (χ1) is 16.8. The van der Waals surface area contributed by atoms with Crippen LogP contribution in [-0.2, 0) is 0 Å². The molecular formula is C30H19N3O. The van der Waals surface area contributed by atoms with Crippen LogP contribution in [0.15, 0.2) is 115 Å². The highest BCUT2D eigenvalue weighted by Crippen LogP contribution is 2.50. The van der Waals surface area contributed by atoms with Crippen molar-refractivity contribution in [1.29, 1.82) is 5.26 Å². The summed E-state index contributed by atoms with van der Waals surface area (Å²) in [6, 6.07) is 38.5. The lowest BCUT2D eigenvalue weighted by molar-refractivity contribution is 0.477. The van der Waals surface area contributed by atoms with E-state index in [0.29, 0.717) is 11.3 Å². The van der Waals surface area contributed by atoms with Gasteiger partial charge in [-0.3, -0.25) is 4.98 Å². The lowest BCUT2D eigenvalue weighted by atomic mass is 9.95. The van der Waals surface area contributed by atoms with Gasteiger partial charge >= 0.3 is 0 Å². The zero-order valence-electron chi connectivity index (χ0n) is 18.2. The number of benzene rings is 4. The van der Waals surface area contributed by atoms with Gasteiger partial charge in [0, 0.05) is 17.4 Å². The maximum Gasteiger partial charge on any atom is 0.151 e. The Morgan fingerprint density at radius 1 is 0.676 bits per heavy atom. The van der Waals surface area contributed by atoms with Gasteiger partial charge in [0.2, 0.25) is 0 Å². The summed E-state index contributed by atoms with van der Waals surface area (Å²) in [6.45, 7) is 0. The second kappa shape index (κ2) is 8.23. The van der Waals surface area contributed by atoms with Gasteiger partial charge in [-0.1, -0.05) is 60.7 Å². The number of hydrogen-bond acceptors (Lipinski definition) is 4. The molecule has 0 aliphatic carbocycles. The molecule has 1 aromatic heterocycles. The van der Waals surface area contributed by atoms with Crippen molar-refractivity contribution in [2.24, 2.45) is 0 Å². The van der Waals surface area contributed by atoms with Gasteiger partial charge < -0.3 is 9.64 Å². The molecule has 0 unspecified atom stereocenters. The molecule has 34 heavy (non-hydrogen) atoms. The van der Waals surface area contributed by atoms with Gasteiger partial charge in [-0.05, 0) is 59.7 Å². The Morgan fingerprint density at radius 2 is 1.35 bits per heavy atom. The van der Waals surface area contributed by atoms with Gasteiger partial charge in [-0.15, -0.1) is 0 Å². The number of nitriles is 1. The average Bonchev–Trinajstić information content (AvgIpc) is 2.91. The molecule has 0 amide bonds. The number of hydrogen-bond donors (Lipinski definition) is 0. The Hall–Kier alpha value is -4.88. The Bertz CT molecular complexity index is 1520. The first-order valence-electron chi connectivity index (χ1n) is 11.0. The first-order valence-corrected chi connectivity index (χ1v) is 11.0. The van der Waals surface area contributed by atoms with E-state index in [1.165, 1.54) is 0 Å². The Kier molecular flexibility index (Phi) is 4.79. The van der Waals surface area contributed by atoms with E-state index in [1.807, 2.05) is 54.6 Å². The van der Waals surface area contributed by atoms with Gasteiger partial charge in [0.1, 0.15) is 6.07 Å². The molecule has 4 nitrogen and oxygen atoms in total. The van der Waals surface area contributed by atoms with Crippen LogP contribution in [-0.4, -0.2) is 4.98 Å². The zero-order chi connectivity index (χ0) is 22.9. The van der Waals surface area contributed by atoms with E-state index in [1.54, 1.807) is 18.3 Å². The van der Waals surface area contributed by atoms with Crippen LogP contribution in [0.25, 0.3) is 22.4 Å². The molecule has 1 aliphatic rings. The molecule has 1 aliphatic heterocycles. The SMILES string of the molecule is N#Cc1cccnc1-c1ccccc1-c1cccc(N2c3ccccc3Oc3ccccc32)c1. The third-order valence-electron chi connectivity index (χ3n) is 5.96. The number of aromatic nitrogens is 1. The standard InChI is InChI=1S/C30H19N3O/c31-20-22-10-8-18-32-30(22)25-13-2-1-12-24(25)21-9-7-11-23(19-21)33-26-14-3-5-16-28(26)34-29-17-6-4-15-27(29)33/h1-19H. The quantitative estimate of drug-likeness (QED) is 0.283. The van der Waals surface area contributed by atoms with E-state index in [4.69, 9.17) is 4.74 Å². The van der Waals surface area contributed by atoms with Crippen LogP contribution >= 0.6 is 0 Å². The van der Waals surface area contributed by atoms with E-state index in [0.717, 1.165) is 45.3 Å². The normalized spacial score (nSPS) is 11.7. The number of ether oxygens (including phenoxy) is 1. The van der Waals surface area contributed by atoms with E-state index in [2.05, 4.69) is 58.4 Å². The summed E-state index contributed by atoms with van der Waals surface area (Å²) in [6.07, 6.45) is 1.73. The van der Waals surface area contributed by atoms with Crippen LogP contribution < -0.4 is 9.64 Å². The van der Waals surface area contributed by atoms with Crippen molar-refractivity contribution >= 4 is 17.1 Å². The van der Waals surface area contributed by atoms with Crippen molar-refractivity contribution in [2.45, 2.75) is 0 Å². The van der Waals surface area contributed by atoms with Crippen molar-refractivity contribution in [1.82, 2.24) is 4.98 Å². The fourth-order valence-electron chi connectivity index (χ4n) is 4.45. The maximum absolute atomic E-state index is 9.63. The molecule has 0 N–H and O–H groups in total. The minimum absolute atomic E-state index is 0.558. The monoisotopic (exact) mass is 437 g/mol. The second-order valence-corrected chi connectivity index (χ2v) is 7.98. The highest BCUT2D eigenvalue weighted by Gasteiger charge is 2.25. The lowest BCUT2D eigenvalue weighted by Crippen LogP contribution is -2.15. The molecule has 160 valence electrons. The van der Waals surface area contributed by atoms with Crippen LogP contribution in [0.5, 0.6) is 11.5 Å².